The van der Waals surface area contributed by atoms with E-state index in [1.165, 1.54) is 5.56 Å². The van der Waals surface area contributed by atoms with Gasteiger partial charge < -0.3 is 10.2 Å². The first-order valence-corrected chi connectivity index (χ1v) is 10.6. The second-order valence-electron chi connectivity index (χ2n) is 8.61. The van der Waals surface area contributed by atoms with E-state index in [1.807, 2.05) is 30.3 Å². The van der Waals surface area contributed by atoms with E-state index in [0.717, 1.165) is 37.7 Å². The van der Waals surface area contributed by atoms with Crippen LogP contribution in [0.1, 0.15) is 50.2 Å². The first kappa shape index (κ1) is 19.6. The molecule has 1 aromatic heterocycles. The number of aromatic nitrogens is 1. The van der Waals surface area contributed by atoms with Crippen molar-refractivity contribution in [3.63, 3.8) is 0 Å². The lowest BCUT2D eigenvalue weighted by Crippen LogP contribution is -2.56. The topological polar surface area (TPSA) is 62.3 Å². The zero-order valence-electron chi connectivity index (χ0n) is 17.0. The van der Waals surface area contributed by atoms with E-state index in [0.29, 0.717) is 12.8 Å². The zero-order chi connectivity index (χ0) is 20.3. The molecule has 0 spiro atoms. The Morgan fingerprint density at radius 3 is 2.72 bits per heavy atom. The van der Waals surface area contributed by atoms with Crippen molar-refractivity contribution >= 4 is 11.8 Å². The number of rotatable bonds is 4. The molecular weight excluding hydrogens is 362 g/mol. The first-order valence-electron chi connectivity index (χ1n) is 10.6. The second kappa shape index (κ2) is 8.36. The van der Waals surface area contributed by atoms with Gasteiger partial charge in [0, 0.05) is 24.9 Å². The number of carbonyl (C=O) groups is 2. The molecule has 2 aromatic rings. The number of fused-ring (bicyclic) bond motifs is 1. The molecule has 2 amide bonds. The molecule has 2 fully saturated rings. The summed E-state index contributed by atoms with van der Waals surface area (Å²) in [6.45, 7) is 2.12. The summed E-state index contributed by atoms with van der Waals surface area (Å²) in [5.74, 6) is 0.236. The van der Waals surface area contributed by atoms with Gasteiger partial charge in [0.1, 0.15) is 0 Å². The molecule has 0 radical (unpaired) electrons. The molecule has 3 heterocycles. The smallest absolute Gasteiger partial charge is 0.227 e. The minimum atomic E-state index is -0.373. The Morgan fingerprint density at radius 1 is 1.17 bits per heavy atom. The van der Waals surface area contributed by atoms with Crippen molar-refractivity contribution in [1.82, 2.24) is 15.2 Å². The van der Waals surface area contributed by atoms with E-state index >= 15 is 0 Å². The maximum absolute atomic E-state index is 13.5. The summed E-state index contributed by atoms with van der Waals surface area (Å²) in [5, 5.41) is 3.28. The average Bonchev–Trinajstić information content (AvgIpc) is 2.95. The molecule has 1 N–H and O–H groups in total. The van der Waals surface area contributed by atoms with Crippen LogP contribution in [-0.2, 0) is 22.4 Å². The van der Waals surface area contributed by atoms with Gasteiger partial charge in [-0.1, -0.05) is 42.8 Å². The second-order valence-corrected chi connectivity index (χ2v) is 8.61. The van der Waals surface area contributed by atoms with E-state index in [-0.39, 0.29) is 29.4 Å². The van der Waals surface area contributed by atoms with E-state index in [1.54, 1.807) is 12.4 Å². The summed E-state index contributed by atoms with van der Waals surface area (Å²) in [4.78, 5) is 32.1. The minimum Gasteiger partial charge on any atom is -0.349 e. The van der Waals surface area contributed by atoms with Gasteiger partial charge in [-0.15, -0.1) is 0 Å². The highest BCUT2D eigenvalue weighted by atomic mass is 16.2. The van der Waals surface area contributed by atoms with Crippen LogP contribution in [0.3, 0.4) is 0 Å². The predicted octanol–water partition coefficient (Wildman–Crippen LogP) is 3.29. The van der Waals surface area contributed by atoms with Crippen LogP contribution < -0.4 is 5.32 Å². The Bertz CT molecular complexity index is 855. The third-order valence-electron chi connectivity index (χ3n) is 6.36. The Labute approximate surface area is 172 Å². The third kappa shape index (κ3) is 4.34. The average molecular weight is 392 g/mol. The molecule has 0 unspecified atom stereocenters. The molecule has 4 rings (SSSR count). The minimum absolute atomic E-state index is 0.0321. The van der Waals surface area contributed by atoms with E-state index in [2.05, 4.69) is 34.3 Å². The van der Waals surface area contributed by atoms with Crippen LogP contribution in [0.2, 0.25) is 0 Å². The van der Waals surface area contributed by atoms with E-state index < -0.39 is 0 Å². The molecule has 3 atom stereocenters. The zero-order valence-corrected chi connectivity index (χ0v) is 17.0. The van der Waals surface area contributed by atoms with Gasteiger partial charge >= 0.3 is 0 Å². The number of nitrogens with one attached hydrogen (secondary N) is 1. The fourth-order valence-electron chi connectivity index (χ4n) is 5.08. The van der Waals surface area contributed by atoms with Crippen LogP contribution in [0, 0.1) is 0 Å². The third-order valence-corrected chi connectivity index (χ3v) is 6.36. The number of nitrogens with zero attached hydrogens (tertiary/aromatic N) is 2. The fourth-order valence-corrected chi connectivity index (χ4v) is 5.08. The van der Waals surface area contributed by atoms with Crippen molar-refractivity contribution in [2.75, 3.05) is 0 Å². The summed E-state index contributed by atoms with van der Waals surface area (Å²) in [6, 6.07) is 14.3. The van der Waals surface area contributed by atoms with Gasteiger partial charge in [-0.3, -0.25) is 14.6 Å². The number of hydrogen-bond acceptors (Lipinski definition) is 3. The maximum Gasteiger partial charge on any atom is 0.227 e. The molecule has 152 valence electrons. The molecule has 1 aromatic carbocycles. The highest BCUT2D eigenvalue weighted by Gasteiger charge is 2.51. The molecule has 29 heavy (non-hydrogen) atoms. The molecule has 0 saturated carbocycles. The lowest BCUT2D eigenvalue weighted by Gasteiger charge is -2.38. The standard InChI is InChI=1S/C24H29N3O2/c1-24-16-20(14-18-8-3-2-4-9-18)27(21(24)11-5-6-12-22(28)26-24)23(29)15-19-10-7-13-25-17-19/h2-4,7-10,13,17,20-21H,5-6,11-12,14-16H2,1H3,(H,26,28)/t20-,21+,24+/m1/s1. The predicted molar refractivity (Wildman–Crippen MR) is 112 cm³/mol. The Kier molecular flexibility index (Phi) is 5.65. The number of hydrogen-bond donors (Lipinski definition) is 1. The Balaban J connectivity index is 1.63. The summed E-state index contributed by atoms with van der Waals surface area (Å²) < 4.78 is 0. The number of benzene rings is 1. The van der Waals surface area contributed by atoms with E-state index in [9.17, 15) is 9.59 Å². The molecule has 2 aliphatic rings. The molecule has 5 nitrogen and oxygen atoms in total. The van der Waals surface area contributed by atoms with Gasteiger partial charge in [-0.2, -0.15) is 0 Å². The van der Waals surface area contributed by atoms with Crippen molar-refractivity contribution in [3.8, 4) is 0 Å². The van der Waals surface area contributed by atoms with Gasteiger partial charge in [0.2, 0.25) is 11.8 Å². The van der Waals surface area contributed by atoms with Crippen LogP contribution in [0.5, 0.6) is 0 Å². The van der Waals surface area contributed by atoms with Crippen LogP contribution in [0.15, 0.2) is 54.9 Å². The van der Waals surface area contributed by atoms with Crippen LogP contribution in [0.25, 0.3) is 0 Å². The highest BCUT2D eigenvalue weighted by Crippen LogP contribution is 2.39. The highest BCUT2D eigenvalue weighted by molar-refractivity contribution is 5.81. The van der Waals surface area contributed by atoms with Crippen LogP contribution in [0.4, 0.5) is 0 Å². The van der Waals surface area contributed by atoms with E-state index in [4.69, 9.17) is 0 Å². The monoisotopic (exact) mass is 391 g/mol. The van der Waals surface area contributed by atoms with Gasteiger partial charge in [0.05, 0.1) is 18.0 Å². The van der Waals surface area contributed by atoms with Gasteiger partial charge in [0.15, 0.2) is 0 Å². The molecule has 0 bridgehead atoms. The van der Waals surface area contributed by atoms with Crippen LogP contribution >= 0.6 is 0 Å². The number of pyridine rings is 1. The number of amides is 2. The lowest BCUT2D eigenvalue weighted by atomic mass is 9.85. The molecule has 0 aliphatic carbocycles. The summed E-state index contributed by atoms with van der Waals surface area (Å²) in [5.41, 5.74) is 1.78. The summed E-state index contributed by atoms with van der Waals surface area (Å²) in [6.07, 6.45) is 8.80. The van der Waals surface area contributed by atoms with Crippen LogP contribution in [-0.4, -0.2) is 39.3 Å². The SMILES string of the molecule is C[C@]12C[C@@H](Cc3ccccc3)N(C(=O)Cc3cccnc3)[C@H]1CCCCC(=O)N2. The van der Waals surface area contributed by atoms with Crippen molar-refractivity contribution in [1.29, 1.82) is 0 Å². The Morgan fingerprint density at radius 2 is 1.97 bits per heavy atom. The quantitative estimate of drug-likeness (QED) is 0.870. The first-order chi connectivity index (χ1) is 14.0. The lowest BCUT2D eigenvalue weighted by molar-refractivity contribution is -0.135. The molecular formula is C24H29N3O2. The molecule has 2 aliphatic heterocycles. The van der Waals surface area contributed by atoms with Gasteiger partial charge in [-0.05, 0) is 49.8 Å². The number of carbonyl (C=O) groups excluding carboxylic acids is 2. The number of likely N-dealkylation sites (tertiary alicyclic amines) is 1. The Hall–Kier alpha value is -2.69. The largest absolute Gasteiger partial charge is 0.349 e. The fraction of sp³-hybridized carbons (Fsp3) is 0.458. The summed E-state index contributed by atoms with van der Waals surface area (Å²) >= 11 is 0. The van der Waals surface area contributed by atoms with Gasteiger partial charge in [0.25, 0.3) is 0 Å². The van der Waals surface area contributed by atoms with Crippen molar-refractivity contribution in [2.24, 2.45) is 0 Å². The molecule has 2 saturated heterocycles. The van der Waals surface area contributed by atoms with Crippen molar-refractivity contribution < 1.29 is 9.59 Å². The van der Waals surface area contributed by atoms with Crippen molar-refractivity contribution in [3.05, 3.63) is 66.0 Å². The molecule has 5 heteroatoms. The maximum atomic E-state index is 13.5. The van der Waals surface area contributed by atoms with Crippen molar-refractivity contribution in [2.45, 2.75) is 69.5 Å². The normalized spacial score (nSPS) is 26.9. The summed E-state index contributed by atoms with van der Waals surface area (Å²) in [7, 11) is 0. The van der Waals surface area contributed by atoms with Gasteiger partial charge in [-0.25, -0.2) is 0 Å².